The summed E-state index contributed by atoms with van der Waals surface area (Å²) in [5, 5.41) is 13.2. The first-order chi connectivity index (χ1) is 8.15. The Balaban J connectivity index is 2.00. The molecule has 0 radical (unpaired) electrons. The fourth-order valence-corrected chi connectivity index (χ4v) is 3.04. The predicted octanol–water partition coefficient (Wildman–Crippen LogP) is 2.62. The van der Waals surface area contributed by atoms with E-state index in [0.717, 1.165) is 19.4 Å². The molecular formula is C14H24N2O. The van der Waals surface area contributed by atoms with E-state index < -0.39 is 0 Å². The van der Waals surface area contributed by atoms with Crippen LogP contribution in [0, 0.1) is 17.2 Å². The monoisotopic (exact) mass is 236 g/mol. The first kappa shape index (κ1) is 12.9. The molecule has 0 bridgehead atoms. The third kappa shape index (κ3) is 3.00. The van der Waals surface area contributed by atoms with Gasteiger partial charge in [-0.05, 0) is 18.8 Å². The largest absolute Gasteiger partial charge is 0.378 e. The molecule has 1 heterocycles. The van der Waals surface area contributed by atoms with Gasteiger partial charge in [0.2, 0.25) is 0 Å². The van der Waals surface area contributed by atoms with E-state index in [2.05, 4.69) is 25.2 Å². The molecule has 2 unspecified atom stereocenters. The molecular weight excluding hydrogens is 212 g/mol. The number of nitrogens with one attached hydrogen (secondary N) is 1. The van der Waals surface area contributed by atoms with E-state index in [9.17, 15) is 5.26 Å². The Hall–Kier alpha value is -0.590. The van der Waals surface area contributed by atoms with Gasteiger partial charge in [0, 0.05) is 25.5 Å². The number of nitrogens with zero attached hydrogens (tertiary/aromatic N) is 1. The minimum absolute atomic E-state index is 0.234. The highest BCUT2D eigenvalue weighted by atomic mass is 16.5. The van der Waals surface area contributed by atoms with E-state index in [0.29, 0.717) is 12.0 Å². The lowest BCUT2D eigenvalue weighted by Crippen LogP contribution is -2.54. The molecule has 1 saturated heterocycles. The lowest BCUT2D eigenvalue weighted by atomic mass is 9.83. The van der Waals surface area contributed by atoms with Crippen LogP contribution in [0.1, 0.15) is 52.4 Å². The maximum atomic E-state index is 9.53. The van der Waals surface area contributed by atoms with Crippen LogP contribution < -0.4 is 5.32 Å². The Kier molecular flexibility index (Phi) is 4.06. The molecule has 1 aliphatic heterocycles. The van der Waals surface area contributed by atoms with Gasteiger partial charge in [-0.15, -0.1) is 0 Å². The molecule has 0 amide bonds. The molecule has 1 aliphatic carbocycles. The Morgan fingerprint density at radius 1 is 1.35 bits per heavy atom. The van der Waals surface area contributed by atoms with Crippen LogP contribution in [0.3, 0.4) is 0 Å². The summed E-state index contributed by atoms with van der Waals surface area (Å²) in [5.74, 6) is 0.494. The average molecular weight is 236 g/mol. The molecule has 1 N–H and O–H groups in total. The summed E-state index contributed by atoms with van der Waals surface area (Å²) in [7, 11) is 0. The average Bonchev–Trinajstić information content (AvgIpc) is 2.82. The fourth-order valence-electron chi connectivity index (χ4n) is 3.04. The number of rotatable bonds is 3. The summed E-state index contributed by atoms with van der Waals surface area (Å²) in [6.45, 7) is 5.07. The standard InChI is InChI=1S/C14H24N2O/c1-11(2)13-9-14(10-15,7-8-17-13)16-12-5-3-4-6-12/h11-13,16H,3-9H2,1-2H3. The smallest absolute Gasteiger partial charge is 0.111 e. The SMILES string of the molecule is CC(C)C1CC(C#N)(NC2CCCC2)CCO1. The molecule has 2 fully saturated rings. The molecule has 1 saturated carbocycles. The van der Waals surface area contributed by atoms with Crippen molar-refractivity contribution in [2.24, 2.45) is 5.92 Å². The zero-order valence-electron chi connectivity index (χ0n) is 11.0. The maximum Gasteiger partial charge on any atom is 0.111 e. The quantitative estimate of drug-likeness (QED) is 0.819. The third-order valence-electron chi connectivity index (χ3n) is 4.20. The van der Waals surface area contributed by atoms with E-state index in [-0.39, 0.29) is 11.6 Å². The molecule has 0 aromatic carbocycles. The highest BCUT2D eigenvalue weighted by Crippen LogP contribution is 2.30. The van der Waals surface area contributed by atoms with Crippen molar-refractivity contribution < 1.29 is 4.74 Å². The normalized spacial score (nSPS) is 35.1. The molecule has 3 nitrogen and oxygen atoms in total. The molecule has 96 valence electrons. The number of ether oxygens (including phenoxy) is 1. The van der Waals surface area contributed by atoms with Crippen molar-refractivity contribution in [3.8, 4) is 6.07 Å². The zero-order valence-corrected chi connectivity index (χ0v) is 11.0. The van der Waals surface area contributed by atoms with Gasteiger partial charge in [0.15, 0.2) is 0 Å². The lowest BCUT2D eigenvalue weighted by Gasteiger charge is -2.39. The van der Waals surface area contributed by atoms with Crippen LogP contribution in [0.2, 0.25) is 0 Å². The second-order valence-corrected chi connectivity index (χ2v) is 5.93. The molecule has 17 heavy (non-hydrogen) atoms. The van der Waals surface area contributed by atoms with Crippen molar-refractivity contribution >= 4 is 0 Å². The van der Waals surface area contributed by atoms with Crippen LogP contribution in [0.25, 0.3) is 0 Å². The van der Waals surface area contributed by atoms with Gasteiger partial charge in [0.25, 0.3) is 0 Å². The Labute approximate surface area is 105 Å². The molecule has 0 aromatic heterocycles. The third-order valence-corrected chi connectivity index (χ3v) is 4.20. The van der Waals surface area contributed by atoms with E-state index in [1.165, 1.54) is 25.7 Å². The van der Waals surface area contributed by atoms with E-state index in [1.807, 2.05) is 0 Å². The van der Waals surface area contributed by atoms with Crippen molar-refractivity contribution in [1.29, 1.82) is 5.26 Å². The topological polar surface area (TPSA) is 45.0 Å². The Morgan fingerprint density at radius 2 is 2.06 bits per heavy atom. The second kappa shape index (κ2) is 5.37. The van der Waals surface area contributed by atoms with Crippen LogP contribution in [-0.4, -0.2) is 24.3 Å². The van der Waals surface area contributed by atoms with Gasteiger partial charge in [-0.3, -0.25) is 5.32 Å². The van der Waals surface area contributed by atoms with Crippen LogP contribution in [-0.2, 0) is 4.74 Å². The molecule has 0 aromatic rings. The first-order valence-electron chi connectivity index (χ1n) is 6.96. The van der Waals surface area contributed by atoms with Crippen molar-refractivity contribution in [1.82, 2.24) is 5.32 Å². The summed E-state index contributed by atoms with van der Waals surface area (Å²) in [5.41, 5.74) is -0.331. The van der Waals surface area contributed by atoms with Gasteiger partial charge < -0.3 is 4.74 Å². The minimum Gasteiger partial charge on any atom is -0.378 e. The Morgan fingerprint density at radius 3 is 2.65 bits per heavy atom. The summed E-state index contributed by atoms with van der Waals surface area (Å²) < 4.78 is 5.77. The van der Waals surface area contributed by atoms with E-state index >= 15 is 0 Å². The van der Waals surface area contributed by atoms with Crippen LogP contribution in [0.15, 0.2) is 0 Å². The Bertz CT molecular complexity index is 287. The minimum atomic E-state index is -0.331. The second-order valence-electron chi connectivity index (χ2n) is 5.93. The lowest BCUT2D eigenvalue weighted by molar-refractivity contribution is -0.0405. The summed E-state index contributed by atoms with van der Waals surface area (Å²) in [6.07, 6.45) is 7.00. The summed E-state index contributed by atoms with van der Waals surface area (Å²) >= 11 is 0. The first-order valence-corrected chi connectivity index (χ1v) is 6.96. The van der Waals surface area contributed by atoms with Gasteiger partial charge in [-0.2, -0.15) is 5.26 Å². The maximum absolute atomic E-state index is 9.53. The number of nitriles is 1. The van der Waals surface area contributed by atoms with Gasteiger partial charge in [-0.25, -0.2) is 0 Å². The summed E-state index contributed by atoms with van der Waals surface area (Å²) in [6, 6.07) is 3.09. The van der Waals surface area contributed by atoms with Gasteiger partial charge in [-0.1, -0.05) is 26.7 Å². The predicted molar refractivity (Wildman–Crippen MR) is 67.5 cm³/mol. The van der Waals surface area contributed by atoms with Gasteiger partial charge >= 0.3 is 0 Å². The molecule has 2 rings (SSSR count). The molecule has 0 spiro atoms. The van der Waals surface area contributed by atoms with Crippen molar-refractivity contribution in [3.05, 3.63) is 0 Å². The van der Waals surface area contributed by atoms with Crippen molar-refractivity contribution in [2.45, 2.75) is 70.1 Å². The number of hydrogen-bond acceptors (Lipinski definition) is 3. The van der Waals surface area contributed by atoms with Crippen LogP contribution in [0.4, 0.5) is 0 Å². The van der Waals surface area contributed by atoms with E-state index in [1.54, 1.807) is 0 Å². The molecule has 2 aliphatic rings. The van der Waals surface area contributed by atoms with Crippen LogP contribution >= 0.6 is 0 Å². The van der Waals surface area contributed by atoms with Gasteiger partial charge in [0.05, 0.1) is 12.2 Å². The van der Waals surface area contributed by atoms with Crippen LogP contribution in [0.5, 0.6) is 0 Å². The molecule has 3 heteroatoms. The fraction of sp³-hybridized carbons (Fsp3) is 0.929. The zero-order chi connectivity index (χ0) is 12.3. The van der Waals surface area contributed by atoms with E-state index in [4.69, 9.17) is 4.74 Å². The number of hydrogen-bond donors (Lipinski definition) is 1. The van der Waals surface area contributed by atoms with Gasteiger partial charge in [0.1, 0.15) is 5.54 Å². The highest BCUT2D eigenvalue weighted by Gasteiger charge is 2.40. The van der Waals surface area contributed by atoms with Crippen molar-refractivity contribution in [3.63, 3.8) is 0 Å². The summed E-state index contributed by atoms with van der Waals surface area (Å²) in [4.78, 5) is 0. The highest BCUT2D eigenvalue weighted by molar-refractivity contribution is 5.11. The van der Waals surface area contributed by atoms with Crippen molar-refractivity contribution in [2.75, 3.05) is 6.61 Å². The molecule has 2 atom stereocenters.